The molecule has 2 aliphatic carbocycles. The van der Waals surface area contributed by atoms with Crippen molar-refractivity contribution in [3.63, 3.8) is 0 Å². The summed E-state index contributed by atoms with van der Waals surface area (Å²) in [5.41, 5.74) is 0. The SMILES string of the molecule is Cl[SiH2]CC1CC2C=CC1C2. The molecule has 1 saturated carbocycles. The predicted octanol–water partition coefficient (Wildman–Crippen LogP) is 1.94. The van der Waals surface area contributed by atoms with Crippen molar-refractivity contribution in [3.8, 4) is 0 Å². The number of halogens is 1. The Morgan fingerprint density at radius 1 is 1.40 bits per heavy atom. The molecular formula is C8H13ClSi. The molecule has 0 nitrogen and oxygen atoms in total. The number of rotatable bonds is 2. The first-order valence-electron chi connectivity index (χ1n) is 4.14. The van der Waals surface area contributed by atoms with Crippen molar-refractivity contribution in [3.05, 3.63) is 12.2 Å². The van der Waals surface area contributed by atoms with Gasteiger partial charge in [0, 0.05) is 0 Å². The van der Waals surface area contributed by atoms with Crippen molar-refractivity contribution < 1.29 is 0 Å². The first-order chi connectivity index (χ1) is 4.90. The van der Waals surface area contributed by atoms with Crippen molar-refractivity contribution in [2.75, 3.05) is 0 Å². The Balaban J connectivity index is 1.96. The summed E-state index contributed by atoms with van der Waals surface area (Å²) >= 11 is 5.83. The summed E-state index contributed by atoms with van der Waals surface area (Å²) in [5, 5.41) is 0. The summed E-state index contributed by atoms with van der Waals surface area (Å²) in [4.78, 5) is 0. The largest absolute Gasteiger partial charge is 0.176 e. The molecule has 0 aliphatic heterocycles. The van der Waals surface area contributed by atoms with E-state index in [0.717, 1.165) is 17.8 Å². The van der Waals surface area contributed by atoms with Crippen LogP contribution in [0.1, 0.15) is 12.8 Å². The van der Waals surface area contributed by atoms with E-state index < -0.39 is 0 Å². The summed E-state index contributed by atoms with van der Waals surface area (Å²) in [7, 11) is -0.198. The zero-order valence-corrected chi connectivity index (χ0v) is 8.26. The second-order valence-electron chi connectivity index (χ2n) is 3.52. The summed E-state index contributed by atoms with van der Waals surface area (Å²) < 4.78 is 0. The van der Waals surface area contributed by atoms with Gasteiger partial charge in [0.2, 0.25) is 0 Å². The fourth-order valence-corrected chi connectivity index (χ4v) is 4.15. The molecule has 2 rings (SSSR count). The third-order valence-corrected chi connectivity index (χ3v) is 4.51. The molecule has 56 valence electrons. The molecule has 0 aromatic heterocycles. The second-order valence-corrected chi connectivity index (χ2v) is 5.61. The van der Waals surface area contributed by atoms with Gasteiger partial charge in [-0.3, -0.25) is 0 Å². The summed E-state index contributed by atoms with van der Waals surface area (Å²) in [6.45, 7) is 0. The predicted molar refractivity (Wildman–Crippen MR) is 48.0 cm³/mol. The van der Waals surface area contributed by atoms with E-state index in [4.69, 9.17) is 11.1 Å². The molecule has 2 aliphatic rings. The molecule has 0 aromatic rings. The normalized spacial score (nSPS) is 44.3. The van der Waals surface area contributed by atoms with E-state index in [2.05, 4.69) is 12.2 Å². The maximum atomic E-state index is 5.83. The Kier molecular flexibility index (Phi) is 1.87. The van der Waals surface area contributed by atoms with Crippen LogP contribution in [-0.2, 0) is 0 Å². The fourth-order valence-electron chi connectivity index (χ4n) is 2.37. The summed E-state index contributed by atoms with van der Waals surface area (Å²) in [6.07, 6.45) is 7.70. The van der Waals surface area contributed by atoms with Crippen molar-refractivity contribution >= 4 is 19.9 Å². The minimum Gasteiger partial charge on any atom is -0.176 e. The minimum absolute atomic E-state index is 0.198. The van der Waals surface area contributed by atoms with Gasteiger partial charge in [0.25, 0.3) is 0 Å². The van der Waals surface area contributed by atoms with Crippen LogP contribution in [0.3, 0.4) is 0 Å². The third-order valence-electron chi connectivity index (χ3n) is 2.90. The number of hydrogen-bond donors (Lipinski definition) is 0. The Morgan fingerprint density at radius 2 is 2.30 bits per heavy atom. The van der Waals surface area contributed by atoms with Gasteiger partial charge >= 0.3 is 0 Å². The van der Waals surface area contributed by atoms with Crippen LogP contribution in [0.4, 0.5) is 0 Å². The third kappa shape index (κ3) is 1.06. The van der Waals surface area contributed by atoms with Crippen molar-refractivity contribution in [2.24, 2.45) is 17.8 Å². The lowest BCUT2D eigenvalue weighted by Crippen LogP contribution is -2.07. The van der Waals surface area contributed by atoms with Crippen LogP contribution in [0, 0.1) is 17.8 Å². The fraction of sp³-hybridized carbons (Fsp3) is 0.750. The molecule has 3 unspecified atom stereocenters. The number of fused-ring (bicyclic) bond motifs is 2. The highest BCUT2D eigenvalue weighted by Crippen LogP contribution is 2.44. The lowest BCUT2D eigenvalue weighted by molar-refractivity contribution is 0.493. The standard InChI is InChI=1S/C8H13ClSi/c9-10-5-8-4-6-1-2-7(8)3-6/h1-2,6-8H,3-5,10H2. The lowest BCUT2D eigenvalue weighted by Gasteiger charge is -2.15. The molecule has 10 heavy (non-hydrogen) atoms. The maximum absolute atomic E-state index is 5.83. The smallest absolute Gasteiger partial charge is 0.125 e. The van der Waals surface area contributed by atoms with Crippen LogP contribution in [0.2, 0.25) is 6.04 Å². The molecule has 3 atom stereocenters. The number of allylic oxidation sites excluding steroid dienone is 2. The van der Waals surface area contributed by atoms with Gasteiger partial charge in [-0.25, -0.2) is 0 Å². The molecule has 0 N–H and O–H groups in total. The quantitative estimate of drug-likeness (QED) is 0.339. The van der Waals surface area contributed by atoms with Gasteiger partial charge in [-0.15, -0.1) is 0 Å². The Labute approximate surface area is 69.2 Å². The highest BCUT2D eigenvalue weighted by molar-refractivity contribution is 6.93. The zero-order valence-electron chi connectivity index (χ0n) is 6.09. The first kappa shape index (κ1) is 6.93. The number of hydrogen-bond acceptors (Lipinski definition) is 0. The van der Waals surface area contributed by atoms with E-state index in [1.165, 1.54) is 18.9 Å². The Morgan fingerprint density at radius 3 is 2.80 bits per heavy atom. The van der Waals surface area contributed by atoms with Crippen molar-refractivity contribution in [1.29, 1.82) is 0 Å². The molecule has 1 fully saturated rings. The van der Waals surface area contributed by atoms with Crippen LogP contribution < -0.4 is 0 Å². The van der Waals surface area contributed by atoms with Gasteiger partial charge < -0.3 is 0 Å². The topological polar surface area (TPSA) is 0 Å². The molecule has 2 heteroatoms. The first-order valence-corrected chi connectivity index (χ1v) is 7.28. The van der Waals surface area contributed by atoms with Crippen LogP contribution in [0.15, 0.2) is 12.2 Å². The van der Waals surface area contributed by atoms with E-state index in [9.17, 15) is 0 Å². The van der Waals surface area contributed by atoms with E-state index in [1.807, 2.05) is 0 Å². The van der Waals surface area contributed by atoms with Gasteiger partial charge in [-0.05, 0) is 36.6 Å². The summed E-state index contributed by atoms with van der Waals surface area (Å²) in [5.74, 6) is 2.85. The molecular weight excluding hydrogens is 160 g/mol. The van der Waals surface area contributed by atoms with Gasteiger partial charge in [0.1, 0.15) is 8.83 Å². The van der Waals surface area contributed by atoms with E-state index in [0.29, 0.717) is 0 Å². The van der Waals surface area contributed by atoms with Crippen molar-refractivity contribution in [2.45, 2.75) is 18.9 Å². The molecule has 0 saturated heterocycles. The molecule has 2 bridgehead atoms. The second kappa shape index (κ2) is 2.71. The van der Waals surface area contributed by atoms with Gasteiger partial charge in [0.05, 0.1) is 0 Å². The molecule has 0 radical (unpaired) electrons. The monoisotopic (exact) mass is 172 g/mol. The highest BCUT2D eigenvalue weighted by Gasteiger charge is 2.34. The van der Waals surface area contributed by atoms with E-state index >= 15 is 0 Å². The van der Waals surface area contributed by atoms with Gasteiger partial charge in [-0.2, -0.15) is 11.1 Å². The Hall–Kier alpha value is 0.247. The highest BCUT2D eigenvalue weighted by atomic mass is 35.6. The summed E-state index contributed by atoms with van der Waals surface area (Å²) in [6, 6.07) is 1.37. The van der Waals surface area contributed by atoms with Crippen LogP contribution in [0.25, 0.3) is 0 Å². The molecule has 0 amide bonds. The van der Waals surface area contributed by atoms with Gasteiger partial charge in [0.15, 0.2) is 0 Å². The molecule has 0 aromatic carbocycles. The molecule has 0 spiro atoms. The molecule has 0 heterocycles. The average Bonchev–Trinajstić information content (AvgIpc) is 2.48. The van der Waals surface area contributed by atoms with Crippen LogP contribution in [-0.4, -0.2) is 8.83 Å². The zero-order chi connectivity index (χ0) is 6.97. The average molecular weight is 173 g/mol. The van der Waals surface area contributed by atoms with Crippen LogP contribution >= 0.6 is 11.1 Å². The van der Waals surface area contributed by atoms with E-state index in [-0.39, 0.29) is 8.83 Å². The van der Waals surface area contributed by atoms with Crippen molar-refractivity contribution in [1.82, 2.24) is 0 Å². The van der Waals surface area contributed by atoms with E-state index in [1.54, 1.807) is 0 Å². The Bertz CT molecular complexity index is 155. The van der Waals surface area contributed by atoms with Crippen LogP contribution in [0.5, 0.6) is 0 Å². The maximum Gasteiger partial charge on any atom is 0.125 e. The minimum atomic E-state index is -0.198. The lowest BCUT2D eigenvalue weighted by atomic mass is 9.96. The van der Waals surface area contributed by atoms with Gasteiger partial charge in [-0.1, -0.05) is 12.2 Å².